The van der Waals surface area contributed by atoms with Crippen molar-refractivity contribution < 1.29 is 4.79 Å². The molecule has 0 unspecified atom stereocenters. The zero-order valence-electron chi connectivity index (χ0n) is 8.92. The van der Waals surface area contributed by atoms with E-state index in [2.05, 4.69) is 0 Å². The van der Waals surface area contributed by atoms with Gasteiger partial charge in [0, 0.05) is 17.0 Å². The van der Waals surface area contributed by atoms with Gasteiger partial charge in [-0.15, -0.1) is 0 Å². The molecule has 1 rings (SSSR count). The third kappa shape index (κ3) is 3.65. The second kappa shape index (κ2) is 5.89. The number of carbonyl (C=O) groups excluding carboxylic acids is 1. The molecule has 0 aliphatic carbocycles. The predicted octanol–water partition coefficient (Wildman–Crippen LogP) is 2.96. The molecule has 0 radical (unpaired) electrons. The summed E-state index contributed by atoms with van der Waals surface area (Å²) in [7, 11) is 0. The standard InChI is InChI=1S/C12H16ClNO/c1-9-5-6-10(8-11(9)13)12(15)4-2-3-7-14/h5-6,8H,2-4,7,14H2,1H3. The van der Waals surface area contributed by atoms with Crippen LogP contribution < -0.4 is 5.73 Å². The molecular weight excluding hydrogens is 210 g/mol. The molecule has 2 nitrogen and oxygen atoms in total. The zero-order valence-corrected chi connectivity index (χ0v) is 9.68. The van der Waals surface area contributed by atoms with Crippen LogP contribution in [0, 0.1) is 6.92 Å². The van der Waals surface area contributed by atoms with Crippen molar-refractivity contribution in [3.05, 3.63) is 34.3 Å². The largest absolute Gasteiger partial charge is 0.330 e. The predicted molar refractivity (Wildman–Crippen MR) is 63.4 cm³/mol. The van der Waals surface area contributed by atoms with E-state index >= 15 is 0 Å². The first-order valence-corrected chi connectivity index (χ1v) is 5.52. The van der Waals surface area contributed by atoms with Crippen LogP contribution in [-0.2, 0) is 0 Å². The number of nitrogens with two attached hydrogens (primary N) is 1. The van der Waals surface area contributed by atoms with Gasteiger partial charge in [-0.3, -0.25) is 4.79 Å². The normalized spacial score (nSPS) is 10.3. The summed E-state index contributed by atoms with van der Waals surface area (Å²) in [4.78, 5) is 11.7. The number of halogens is 1. The van der Waals surface area contributed by atoms with Crippen LogP contribution in [0.3, 0.4) is 0 Å². The van der Waals surface area contributed by atoms with Crippen LogP contribution >= 0.6 is 11.6 Å². The smallest absolute Gasteiger partial charge is 0.162 e. The van der Waals surface area contributed by atoms with E-state index in [1.165, 1.54) is 0 Å². The number of aryl methyl sites for hydroxylation is 1. The Labute approximate surface area is 95.4 Å². The van der Waals surface area contributed by atoms with Crippen molar-refractivity contribution in [3.8, 4) is 0 Å². The summed E-state index contributed by atoms with van der Waals surface area (Å²) < 4.78 is 0. The van der Waals surface area contributed by atoms with Gasteiger partial charge in [0.2, 0.25) is 0 Å². The van der Waals surface area contributed by atoms with Crippen molar-refractivity contribution in [2.75, 3.05) is 6.54 Å². The Morgan fingerprint density at radius 2 is 2.13 bits per heavy atom. The van der Waals surface area contributed by atoms with Crippen LogP contribution in [0.5, 0.6) is 0 Å². The van der Waals surface area contributed by atoms with Gasteiger partial charge in [-0.05, 0) is 37.9 Å². The molecule has 0 saturated carbocycles. The van der Waals surface area contributed by atoms with E-state index in [1.54, 1.807) is 6.07 Å². The summed E-state index contributed by atoms with van der Waals surface area (Å²) in [6, 6.07) is 5.44. The molecule has 0 aliphatic heterocycles. The molecule has 1 aromatic carbocycles. The minimum atomic E-state index is 0.144. The Morgan fingerprint density at radius 3 is 2.73 bits per heavy atom. The Bertz CT molecular complexity index is 349. The summed E-state index contributed by atoms with van der Waals surface area (Å²) in [5.74, 6) is 0.144. The third-order valence-electron chi connectivity index (χ3n) is 2.35. The Balaban J connectivity index is 2.62. The van der Waals surface area contributed by atoms with Gasteiger partial charge in [-0.1, -0.05) is 23.7 Å². The average Bonchev–Trinajstić information content (AvgIpc) is 2.22. The maximum absolute atomic E-state index is 11.7. The van der Waals surface area contributed by atoms with Crippen molar-refractivity contribution in [1.29, 1.82) is 0 Å². The number of hydrogen-bond acceptors (Lipinski definition) is 2. The quantitative estimate of drug-likeness (QED) is 0.619. The fraction of sp³-hybridized carbons (Fsp3) is 0.417. The van der Waals surface area contributed by atoms with Crippen LogP contribution in [-0.4, -0.2) is 12.3 Å². The van der Waals surface area contributed by atoms with E-state index in [-0.39, 0.29) is 5.78 Å². The molecule has 1 aromatic rings. The highest BCUT2D eigenvalue weighted by Crippen LogP contribution is 2.18. The van der Waals surface area contributed by atoms with Gasteiger partial charge in [0.15, 0.2) is 5.78 Å². The molecule has 0 spiro atoms. The van der Waals surface area contributed by atoms with Crippen molar-refractivity contribution >= 4 is 17.4 Å². The molecule has 0 heterocycles. The molecule has 2 N–H and O–H groups in total. The highest BCUT2D eigenvalue weighted by Gasteiger charge is 2.06. The Hall–Kier alpha value is -0.860. The van der Waals surface area contributed by atoms with Gasteiger partial charge in [0.1, 0.15) is 0 Å². The van der Waals surface area contributed by atoms with E-state index in [0.717, 1.165) is 18.4 Å². The van der Waals surface area contributed by atoms with Crippen LogP contribution in [0.2, 0.25) is 5.02 Å². The fourth-order valence-electron chi connectivity index (χ4n) is 1.34. The lowest BCUT2D eigenvalue weighted by Gasteiger charge is -2.03. The number of Topliss-reactive ketones (excluding diaryl/α,β-unsaturated/α-hetero) is 1. The molecule has 0 aliphatic rings. The third-order valence-corrected chi connectivity index (χ3v) is 2.76. The van der Waals surface area contributed by atoms with E-state index in [0.29, 0.717) is 23.6 Å². The lowest BCUT2D eigenvalue weighted by atomic mass is 10.0. The van der Waals surface area contributed by atoms with E-state index in [9.17, 15) is 4.79 Å². The zero-order chi connectivity index (χ0) is 11.3. The van der Waals surface area contributed by atoms with E-state index in [4.69, 9.17) is 17.3 Å². The van der Waals surface area contributed by atoms with Crippen molar-refractivity contribution in [2.24, 2.45) is 5.73 Å². The lowest BCUT2D eigenvalue weighted by Crippen LogP contribution is -2.03. The summed E-state index contributed by atoms with van der Waals surface area (Å²) in [6.07, 6.45) is 2.29. The molecule has 0 atom stereocenters. The first-order valence-electron chi connectivity index (χ1n) is 5.14. The maximum atomic E-state index is 11.7. The number of hydrogen-bond donors (Lipinski definition) is 1. The monoisotopic (exact) mass is 225 g/mol. The van der Waals surface area contributed by atoms with E-state index < -0.39 is 0 Å². The minimum absolute atomic E-state index is 0.144. The second-order valence-corrected chi connectivity index (χ2v) is 4.04. The van der Waals surface area contributed by atoms with Crippen LogP contribution in [0.15, 0.2) is 18.2 Å². The van der Waals surface area contributed by atoms with Gasteiger partial charge in [0.25, 0.3) is 0 Å². The summed E-state index contributed by atoms with van der Waals surface area (Å²) in [5.41, 5.74) is 7.06. The molecule has 0 bridgehead atoms. The van der Waals surface area contributed by atoms with Crippen LogP contribution in [0.25, 0.3) is 0 Å². The molecule has 0 amide bonds. The van der Waals surface area contributed by atoms with Crippen molar-refractivity contribution in [1.82, 2.24) is 0 Å². The Morgan fingerprint density at radius 1 is 1.40 bits per heavy atom. The van der Waals surface area contributed by atoms with Gasteiger partial charge >= 0.3 is 0 Å². The minimum Gasteiger partial charge on any atom is -0.330 e. The van der Waals surface area contributed by atoms with Crippen LogP contribution in [0.1, 0.15) is 35.2 Å². The fourth-order valence-corrected chi connectivity index (χ4v) is 1.52. The first-order chi connectivity index (χ1) is 7.15. The molecule has 3 heteroatoms. The SMILES string of the molecule is Cc1ccc(C(=O)CCCCN)cc1Cl. The van der Waals surface area contributed by atoms with Crippen LogP contribution in [0.4, 0.5) is 0 Å². The highest BCUT2D eigenvalue weighted by atomic mass is 35.5. The molecule has 82 valence electrons. The number of ketones is 1. The van der Waals surface area contributed by atoms with E-state index in [1.807, 2.05) is 19.1 Å². The second-order valence-electron chi connectivity index (χ2n) is 3.63. The molecule has 0 aromatic heterocycles. The average molecular weight is 226 g/mol. The van der Waals surface area contributed by atoms with Gasteiger partial charge in [-0.2, -0.15) is 0 Å². The van der Waals surface area contributed by atoms with Gasteiger partial charge < -0.3 is 5.73 Å². The summed E-state index contributed by atoms with van der Waals surface area (Å²) in [6.45, 7) is 2.56. The number of benzene rings is 1. The number of rotatable bonds is 5. The Kier molecular flexibility index (Phi) is 4.79. The molecule has 15 heavy (non-hydrogen) atoms. The summed E-state index contributed by atoms with van der Waals surface area (Å²) in [5, 5.41) is 0.652. The van der Waals surface area contributed by atoms with Crippen molar-refractivity contribution in [2.45, 2.75) is 26.2 Å². The topological polar surface area (TPSA) is 43.1 Å². The molecular formula is C12H16ClNO. The van der Waals surface area contributed by atoms with Crippen molar-refractivity contribution in [3.63, 3.8) is 0 Å². The van der Waals surface area contributed by atoms with Gasteiger partial charge in [0.05, 0.1) is 0 Å². The van der Waals surface area contributed by atoms with Gasteiger partial charge in [-0.25, -0.2) is 0 Å². The lowest BCUT2D eigenvalue weighted by molar-refractivity contribution is 0.0979. The molecule has 0 fully saturated rings. The highest BCUT2D eigenvalue weighted by molar-refractivity contribution is 6.31. The molecule has 0 saturated heterocycles. The number of carbonyl (C=O) groups is 1. The number of unbranched alkanes of at least 4 members (excludes halogenated alkanes) is 1. The summed E-state index contributed by atoms with van der Waals surface area (Å²) >= 11 is 5.95. The first kappa shape index (κ1) is 12.2. The maximum Gasteiger partial charge on any atom is 0.162 e.